The molecule has 1 aliphatic rings. The summed E-state index contributed by atoms with van der Waals surface area (Å²) < 4.78 is 0. The number of thioether (sulfide) groups is 1. The van der Waals surface area contributed by atoms with Gasteiger partial charge in [0.1, 0.15) is 5.82 Å². The number of carbonyl (C=O) groups excluding carboxylic acids is 2. The first-order valence-corrected chi connectivity index (χ1v) is 13.7. The van der Waals surface area contributed by atoms with Crippen molar-refractivity contribution in [3.05, 3.63) is 112 Å². The van der Waals surface area contributed by atoms with E-state index in [1.165, 1.54) is 17.3 Å². The van der Waals surface area contributed by atoms with E-state index in [0.29, 0.717) is 22.4 Å². The van der Waals surface area contributed by atoms with Gasteiger partial charge >= 0.3 is 0 Å². The highest BCUT2D eigenvalue weighted by molar-refractivity contribution is 7.99. The molecule has 0 fully saturated rings. The molecule has 0 saturated heterocycles. The average Bonchev–Trinajstić information content (AvgIpc) is 3.36. The Bertz CT molecular complexity index is 1500. The monoisotopic (exact) mass is 542 g/mol. The van der Waals surface area contributed by atoms with Gasteiger partial charge in [-0.15, -0.1) is 5.10 Å². The molecule has 192 valence electrons. The Balaban J connectivity index is 1.39. The maximum atomic E-state index is 13.6. The fourth-order valence-electron chi connectivity index (χ4n) is 4.89. The Morgan fingerprint density at radius 2 is 1.84 bits per heavy atom. The molecule has 8 heteroatoms. The van der Waals surface area contributed by atoms with Crippen molar-refractivity contribution in [1.82, 2.24) is 15.2 Å². The summed E-state index contributed by atoms with van der Waals surface area (Å²) in [5.74, 6) is -0.195. The number of benzene rings is 3. The highest BCUT2D eigenvalue weighted by Crippen LogP contribution is 2.44. The van der Waals surface area contributed by atoms with Crippen LogP contribution >= 0.6 is 23.4 Å². The topological polar surface area (TPSA) is 87.7 Å². The van der Waals surface area contributed by atoms with Gasteiger partial charge in [-0.25, -0.2) is 4.98 Å². The van der Waals surface area contributed by atoms with Gasteiger partial charge in [0.25, 0.3) is 0 Å². The number of nitrogens with zero attached hydrogens (tertiary/aromatic N) is 2. The summed E-state index contributed by atoms with van der Waals surface area (Å²) in [6.45, 7) is 4.14. The van der Waals surface area contributed by atoms with Gasteiger partial charge in [0.2, 0.25) is 11.1 Å². The third-order valence-electron chi connectivity index (χ3n) is 6.66. The molecule has 1 aliphatic carbocycles. The van der Waals surface area contributed by atoms with Crippen LogP contribution < -0.4 is 5.32 Å². The van der Waals surface area contributed by atoms with Crippen LogP contribution in [-0.2, 0) is 9.59 Å². The van der Waals surface area contributed by atoms with Crippen LogP contribution in [0.4, 0.5) is 5.69 Å². The summed E-state index contributed by atoms with van der Waals surface area (Å²) in [6.07, 6.45) is 2.42. The molecule has 2 atom stereocenters. The van der Waals surface area contributed by atoms with E-state index in [4.69, 9.17) is 11.6 Å². The van der Waals surface area contributed by atoms with Crippen molar-refractivity contribution in [2.75, 3.05) is 11.1 Å². The fraction of sp³-hybridized carbons (Fsp3) is 0.200. The molecular formula is C30H27ClN4O2S. The van der Waals surface area contributed by atoms with Gasteiger partial charge in [0.05, 0.1) is 11.7 Å². The first-order valence-electron chi connectivity index (χ1n) is 12.3. The van der Waals surface area contributed by atoms with Gasteiger partial charge in [-0.05, 0) is 72.9 Å². The number of rotatable bonds is 7. The number of H-pyrrole nitrogens is 1. The lowest BCUT2D eigenvalue weighted by Gasteiger charge is -2.30. The van der Waals surface area contributed by atoms with Crippen LogP contribution in [0.25, 0.3) is 5.57 Å². The Morgan fingerprint density at radius 1 is 1.08 bits per heavy atom. The minimum atomic E-state index is -0.523. The van der Waals surface area contributed by atoms with Gasteiger partial charge in [-0.1, -0.05) is 77.5 Å². The van der Waals surface area contributed by atoms with E-state index in [-0.39, 0.29) is 23.4 Å². The third kappa shape index (κ3) is 5.90. The van der Waals surface area contributed by atoms with Gasteiger partial charge in [0.15, 0.2) is 5.78 Å². The van der Waals surface area contributed by atoms with Crippen LogP contribution in [0, 0.1) is 13.8 Å². The molecule has 4 aromatic rings. The fourth-order valence-corrected chi connectivity index (χ4v) is 5.62. The number of aryl methyl sites for hydroxylation is 2. The lowest BCUT2D eigenvalue weighted by molar-refractivity contribution is -0.117. The highest BCUT2D eigenvalue weighted by Gasteiger charge is 2.37. The molecule has 0 aliphatic heterocycles. The standard InChI is InChI=1S/C30H27ClN4O2S/c1-18-8-13-24(19(2)14-18)21-15-25(20-9-11-22(31)12-10-20)28(26(36)16-21)29-33-30(35-34-29)38-17-27(37)32-23-6-4-3-5-7-23/h3-14,16,25,28H,15,17H2,1-2H3,(H,32,37)(H,33,34,35). The van der Waals surface area contributed by atoms with Crippen molar-refractivity contribution >= 4 is 46.3 Å². The van der Waals surface area contributed by atoms with E-state index in [1.807, 2.05) is 54.6 Å². The number of ketones is 1. The number of halogens is 1. The zero-order chi connectivity index (χ0) is 26.6. The van der Waals surface area contributed by atoms with Gasteiger partial charge in [-0.3, -0.25) is 14.7 Å². The van der Waals surface area contributed by atoms with E-state index in [2.05, 4.69) is 52.5 Å². The van der Waals surface area contributed by atoms with Crippen molar-refractivity contribution in [3.63, 3.8) is 0 Å². The number of amides is 1. The first kappa shape index (κ1) is 25.9. The summed E-state index contributed by atoms with van der Waals surface area (Å²) in [5.41, 5.74) is 6.17. The third-order valence-corrected chi connectivity index (χ3v) is 7.76. The van der Waals surface area contributed by atoms with Gasteiger partial charge in [0, 0.05) is 16.6 Å². The number of hydrogen-bond acceptors (Lipinski definition) is 5. The Hall–Kier alpha value is -3.68. The molecule has 5 rings (SSSR count). The van der Waals surface area contributed by atoms with Crippen molar-refractivity contribution in [1.29, 1.82) is 0 Å². The van der Waals surface area contributed by atoms with Crippen molar-refractivity contribution in [2.24, 2.45) is 0 Å². The quantitative estimate of drug-likeness (QED) is 0.253. The van der Waals surface area contributed by atoms with E-state index in [9.17, 15) is 9.59 Å². The number of nitrogens with one attached hydrogen (secondary N) is 2. The molecule has 0 spiro atoms. The second kappa shape index (κ2) is 11.4. The zero-order valence-electron chi connectivity index (χ0n) is 21.1. The molecular weight excluding hydrogens is 516 g/mol. The molecule has 1 amide bonds. The summed E-state index contributed by atoms with van der Waals surface area (Å²) in [6, 6.07) is 23.2. The maximum Gasteiger partial charge on any atom is 0.234 e. The normalized spacial score (nSPS) is 17.2. The predicted octanol–water partition coefficient (Wildman–Crippen LogP) is 6.73. The minimum Gasteiger partial charge on any atom is -0.325 e. The molecule has 0 saturated carbocycles. The van der Waals surface area contributed by atoms with Crippen molar-refractivity contribution in [2.45, 2.75) is 37.3 Å². The van der Waals surface area contributed by atoms with E-state index in [0.717, 1.165) is 28.0 Å². The average molecular weight is 543 g/mol. The number of allylic oxidation sites excluding steroid dienone is 2. The number of aromatic nitrogens is 3. The number of para-hydroxylation sites is 1. The molecule has 6 nitrogen and oxygen atoms in total. The zero-order valence-corrected chi connectivity index (χ0v) is 22.6. The molecule has 1 aromatic heterocycles. The first-order chi connectivity index (χ1) is 18.4. The van der Waals surface area contributed by atoms with Crippen LogP contribution in [-0.4, -0.2) is 32.6 Å². The van der Waals surface area contributed by atoms with E-state index >= 15 is 0 Å². The van der Waals surface area contributed by atoms with Crippen LogP contribution in [0.5, 0.6) is 0 Å². The molecule has 2 N–H and O–H groups in total. The molecule has 38 heavy (non-hydrogen) atoms. The largest absolute Gasteiger partial charge is 0.325 e. The smallest absolute Gasteiger partial charge is 0.234 e. The Labute approximate surface area is 230 Å². The van der Waals surface area contributed by atoms with Crippen LogP contribution in [0.1, 0.15) is 46.3 Å². The van der Waals surface area contributed by atoms with Gasteiger partial charge < -0.3 is 5.32 Å². The number of aromatic amines is 1. The minimum absolute atomic E-state index is 0.0271. The van der Waals surface area contributed by atoms with Gasteiger partial charge in [-0.2, -0.15) is 0 Å². The summed E-state index contributed by atoms with van der Waals surface area (Å²) >= 11 is 7.39. The summed E-state index contributed by atoms with van der Waals surface area (Å²) in [7, 11) is 0. The van der Waals surface area contributed by atoms with Crippen LogP contribution in [0.15, 0.2) is 84.0 Å². The maximum absolute atomic E-state index is 13.6. The Kier molecular flexibility index (Phi) is 7.77. The van der Waals surface area contributed by atoms with Crippen LogP contribution in [0.2, 0.25) is 5.02 Å². The number of hydrogen-bond donors (Lipinski definition) is 2. The second-order valence-electron chi connectivity index (χ2n) is 9.44. The number of carbonyl (C=O) groups is 2. The van der Waals surface area contributed by atoms with Crippen molar-refractivity contribution < 1.29 is 9.59 Å². The second-order valence-corrected chi connectivity index (χ2v) is 10.8. The molecule has 3 aromatic carbocycles. The lowest BCUT2D eigenvalue weighted by atomic mass is 9.73. The molecule has 1 heterocycles. The Morgan fingerprint density at radius 3 is 2.58 bits per heavy atom. The molecule has 0 radical (unpaired) electrons. The van der Waals surface area contributed by atoms with E-state index in [1.54, 1.807) is 6.08 Å². The highest BCUT2D eigenvalue weighted by atomic mass is 35.5. The lowest BCUT2D eigenvalue weighted by Crippen LogP contribution is -2.25. The van der Waals surface area contributed by atoms with E-state index < -0.39 is 5.92 Å². The summed E-state index contributed by atoms with van der Waals surface area (Å²) in [4.78, 5) is 30.6. The summed E-state index contributed by atoms with van der Waals surface area (Å²) in [5, 5.41) is 11.2. The predicted molar refractivity (Wildman–Crippen MR) is 153 cm³/mol. The molecule has 0 bridgehead atoms. The van der Waals surface area contributed by atoms with Crippen molar-refractivity contribution in [3.8, 4) is 0 Å². The number of anilines is 1. The molecule has 2 unspecified atom stereocenters. The SMILES string of the molecule is Cc1ccc(C2=CC(=O)C(c3nc(SCC(=O)Nc4ccccc4)n[nH]3)C(c3ccc(Cl)cc3)C2)c(C)c1. The van der Waals surface area contributed by atoms with Crippen LogP contribution in [0.3, 0.4) is 0 Å².